The second-order valence-electron chi connectivity index (χ2n) is 2.11. The molecule has 0 aliphatic carbocycles. The van der Waals surface area contributed by atoms with Gasteiger partial charge in [0.05, 0.1) is 0 Å². The van der Waals surface area contributed by atoms with Gasteiger partial charge >= 0.3 is 0 Å². The van der Waals surface area contributed by atoms with Crippen LogP contribution in [-0.2, 0) is 6.42 Å². The third-order valence-electron chi connectivity index (χ3n) is 1.26. The minimum Gasteiger partial charge on any atom is -0.344 e. The molecule has 3 N–H and O–H groups in total. The summed E-state index contributed by atoms with van der Waals surface area (Å²) in [5, 5.41) is 0. The normalized spacial score (nSPS) is 8.50. The molecule has 0 amide bonds. The molecule has 0 aliphatic heterocycles. The summed E-state index contributed by atoms with van der Waals surface area (Å²) in [6.07, 6.45) is 6.07. The molecular formula is C8H14N2. The lowest BCUT2D eigenvalue weighted by Gasteiger charge is -1.92. The van der Waals surface area contributed by atoms with Gasteiger partial charge in [0, 0.05) is 12.4 Å². The zero-order chi connectivity index (χ0) is 6.53. The number of hydrogen-bond acceptors (Lipinski definition) is 2. The van der Waals surface area contributed by atoms with Crippen molar-refractivity contribution in [3.05, 3.63) is 30.1 Å². The first-order valence-corrected chi connectivity index (χ1v) is 3.32. The molecule has 1 aromatic rings. The molecule has 0 bridgehead atoms. The van der Waals surface area contributed by atoms with Crippen molar-refractivity contribution in [3.8, 4) is 0 Å². The largest absolute Gasteiger partial charge is 0.344 e. The summed E-state index contributed by atoms with van der Waals surface area (Å²) in [6, 6.07) is 4.08. The smallest absolute Gasteiger partial charge is 0.0299 e. The van der Waals surface area contributed by atoms with Crippen molar-refractivity contribution in [1.29, 1.82) is 0 Å². The summed E-state index contributed by atoms with van der Waals surface area (Å²) in [5.41, 5.74) is 1.33. The van der Waals surface area contributed by atoms with E-state index in [1.807, 2.05) is 12.3 Å². The van der Waals surface area contributed by atoms with Crippen molar-refractivity contribution >= 4 is 0 Å². The maximum Gasteiger partial charge on any atom is 0.0299 e. The van der Waals surface area contributed by atoms with Gasteiger partial charge in [0.1, 0.15) is 0 Å². The van der Waals surface area contributed by atoms with E-state index in [0.717, 1.165) is 6.42 Å². The van der Waals surface area contributed by atoms with Crippen molar-refractivity contribution in [1.82, 2.24) is 11.1 Å². The number of aromatic nitrogens is 1. The van der Waals surface area contributed by atoms with E-state index >= 15 is 0 Å². The quantitative estimate of drug-likeness (QED) is 0.681. The average molecular weight is 138 g/mol. The standard InChI is InChI=1S/C8H11N.H3N/c1-2-4-8-5-3-6-9-7-8;/h3,5-7H,2,4H2,1H3;1H3. The van der Waals surface area contributed by atoms with Gasteiger partial charge < -0.3 is 6.15 Å². The van der Waals surface area contributed by atoms with Crippen LogP contribution in [0.2, 0.25) is 0 Å². The van der Waals surface area contributed by atoms with Gasteiger partial charge in [-0.1, -0.05) is 19.4 Å². The fourth-order valence-electron chi connectivity index (χ4n) is 0.835. The minimum absolute atomic E-state index is 0. The zero-order valence-corrected chi connectivity index (χ0v) is 6.38. The average Bonchev–Trinajstić information content (AvgIpc) is 1.91. The minimum atomic E-state index is 0. The van der Waals surface area contributed by atoms with Crippen LogP contribution in [0.25, 0.3) is 0 Å². The molecule has 0 radical (unpaired) electrons. The molecule has 1 aromatic heterocycles. The number of pyridine rings is 1. The molecule has 1 heterocycles. The van der Waals surface area contributed by atoms with Gasteiger partial charge in [0.25, 0.3) is 0 Å². The molecule has 0 aliphatic rings. The van der Waals surface area contributed by atoms with Crippen LogP contribution in [0, 0.1) is 0 Å². The Balaban J connectivity index is 0.000000810. The Kier molecular flexibility index (Phi) is 4.50. The van der Waals surface area contributed by atoms with Crippen LogP contribution in [0.3, 0.4) is 0 Å². The van der Waals surface area contributed by atoms with E-state index in [4.69, 9.17) is 0 Å². The molecule has 10 heavy (non-hydrogen) atoms. The van der Waals surface area contributed by atoms with Gasteiger partial charge in [-0.2, -0.15) is 0 Å². The zero-order valence-electron chi connectivity index (χ0n) is 6.38. The van der Waals surface area contributed by atoms with Crippen molar-refractivity contribution in [2.75, 3.05) is 0 Å². The van der Waals surface area contributed by atoms with Gasteiger partial charge in [-0.05, 0) is 18.1 Å². The Bertz CT molecular complexity index is 160. The summed E-state index contributed by atoms with van der Waals surface area (Å²) >= 11 is 0. The van der Waals surface area contributed by atoms with Crippen LogP contribution in [0.4, 0.5) is 0 Å². The van der Waals surface area contributed by atoms with E-state index in [1.165, 1.54) is 12.0 Å². The Hall–Kier alpha value is -0.890. The highest BCUT2D eigenvalue weighted by atomic mass is 14.6. The van der Waals surface area contributed by atoms with Crippen LogP contribution >= 0.6 is 0 Å². The molecule has 0 saturated heterocycles. The highest BCUT2D eigenvalue weighted by Crippen LogP contribution is 1.98. The lowest BCUT2D eigenvalue weighted by molar-refractivity contribution is 0.914. The fourth-order valence-corrected chi connectivity index (χ4v) is 0.835. The summed E-state index contributed by atoms with van der Waals surface area (Å²) < 4.78 is 0. The second kappa shape index (κ2) is 4.94. The van der Waals surface area contributed by atoms with Crippen molar-refractivity contribution < 1.29 is 0 Å². The SMILES string of the molecule is CCCc1cccnc1.N. The summed E-state index contributed by atoms with van der Waals surface area (Å²) in [4.78, 5) is 4.00. The number of rotatable bonds is 2. The monoisotopic (exact) mass is 138 g/mol. The van der Waals surface area contributed by atoms with Crippen molar-refractivity contribution in [3.63, 3.8) is 0 Å². The Morgan fingerprint density at radius 1 is 1.50 bits per heavy atom. The highest BCUT2D eigenvalue weighted by molar-refractivity contribution is 5.07. The molecule has 0 fully saturated rings. The van der Waals surface area contributed by atoms with Gasteiger partial charge in [-0.3, -0.25) is 4.98 Å². The Morgan fingerprint density at radius 3 is 2.80 bits per heavy atom. The molecule has 2 nitrogen and oxygen atoms in total. The molecule has 56 valence electrons. The van der Waals surface area contributed by atoms with E-state index < -0.39 is 0 Å². The van der Waals surface area contributed by atoms with Gasteiger partial charge in [-0.15, -0.1) is 0 Å². The maximum atomic E-state index is 4.00. The first-order chi connectivity index (χ1) is 4.43. The lowest BCUT2D eigenvalue weighted by atomic mass is 10.2. The van der Waals surface area contributed by atoms with E-state index in [9.17, 15) is 0 Å². The van der Waals surface area contributed by atoms with Gasteiger partial charge in [0.2, 0.25) is 0 Å². The molecule has 0 atom stereocenters. The number of aryl methyl sites for hydroxylation is 1. The van der Waals surface area contributed by atoms with Crippen LogP contribution in [0.15, 0.2) is 24.5 Å². The van der Waals surface area contributed by atoms with E-state index in [1.54, 1.807) is 6.20 Å². The number of hydrogen-bond donors (Lipinski definition) is 1. The molecular weight excluding hydrogens is 124 g/mol. The summed E-state index contributed by atoms with van der Waals surface area (Å²) in [6.45, 7) is 2.17. The number of nitrogens with zero attached hydrogens (tertiary/aromatic N) is 1. The molecule has 0 spiro atoms. The van der Waals surface area contributed by atoms with Crippen LogP contribution < -0.4 is 6.15 Å². The molecule has 0 aromatic carbocycles. The maximum absolute atomic E-state index is 4.00. The highest BCUT2D eigenvalue weighted by Gasteiger charge is 1.85. The Morgan fingerprint density at radius 2 is 2.30 bits per heavy atom. The first-order valence-electron chi connectivity index (χ1n) is 3.32. The second-order valence-corrected chi connectivity index (χ2v) is 2.11. The third-order valence-corrected chi connectivity index (χ3v) is 1.26. The van der Waals surface area contributed by atoms with Crippen molar-refractivity contribution in [2.24, 2.45) is 0 Å². The first kappa shape index (κ1) is 9.11. The van der Waals surface area contributed by atoms with E-state index in [-0.39, 0.29) is 6.15 Å². The van der Waals surface area contributed by atoms with Gasteiger partial charge in [0.15, 0.2) is 0 Å². The van der Waals surface area contributed by atoms with E-state index in [2.05, 4.69) is 18.0 Å². The van der Waals surface area contributed by atoms with Crippen LogP contribution in [0.1, 0.15) is 18.9 Å². The summed E-state index contributed by atoms with van der Waals surface area (Å²) in [5.74, 6) is 0. The molecule has 0 saturated carbocycles. The van der Waals surface area contributed by atoms with Crippen LogP contribution in [0.5, 0.6) is 0 Å². The van der Waals surface area contributed by atoms with Gasteiger partial charge in [-0.25, -0.2) is 0 Å². The topological polar surface area (TPSA) is 47.9 Å². The van der Waals surface area contributed by atoms with Crippen LogP contribution in [-0.4, -0.2) is 4.98 Å². The summed E-state index contributed by atoms with van der Waals surface area (Å²) in [7, 11) is 0. The third kappa shape index (κ3) is 2.60. The van der Waals surface area contributed by atoms with E-state index in [0.29, 0.717) is 0 Å². The fraction of sp³-hybridized carbons (Fsp3) is 0.375. The molecule has 0 unspecified atom stereocenters. The predicted molar refractivity (Wildman–Crippen MR) is 43.3 cm³/mol. The predicted octanol–water partition coefficient (Wildman–Crippen LogP) is 2.20. The molecule has 2 heteroatoms. The van der Waals surface area contributed by atoms with Crippen molar-refractivity contribution in [2.45, 2.75) is 19.8 Å². The Labute approximate surface area is 61.9 Å². The molecule has 1 rings (SSSR count). The lowest BCUT2D eigenvalue weighted by Crippen LogP contribution is -1.81.